The molecule has 2 aromatic carbocycles. The van der Waals surface area contributed by atoms with Gasteiger partial charge in [0.2, 0.25) is 5.91 Å². The SMILES string of the molecule is Nc1cc(C(=O)OCC(=O)c2ccc(N3CCCC3=O)cc2)ccc1Cl. The molecule has 2 aromatic rings. The normalized spacial score (nSPS) is 13.7. The number of benzene rings is 2. The molecule has 1 aliphatic heterocycles. The number of anilines is 2. The van der Waals surface area contributed by atoms with Crippen LogP contribution >= 0.6 is 11.6 Å². The Labute approximate surface area is 155 Å². The number of nitrogens with two attached hydrogens (primary N) is 1. The van der Waals surface area contributed by atoms with E-state index in [0.717, 1.165) is 12.1 Å². The Morgan fingerprint density at radius 1 is 1.12 bits per heavy atom. The van der Waals surface area contributed by atoms with Crippen LogP contribution in [-0.4, -0.2) is 30.8 Å². The molecule has 1 saturated heterocycles. The number of carbonyl (C=O) groups excluding carboxylic acids is 3. The number of hydrogen-bond donors (Lipinski definition) is 1. The number of esters is 1. The van der Waals surface area contributed by atoms with E-state index in [1.165, 1.54) is 18.2 Å². The van der Waals surface area contributed by atoms with E-state index in [2.05, 4.69) is 0 Å². The molecule has 0 radical (unpaired) electrons. The summed E-state index contributed by atoms with van der Waals surface area (Å²) < 4.78 is 5.03. The second kappa shape index (κ2) is 7.58. The van der Waals surface area contributed by atoms with Crippen molar-refractivity contribution in [1.82, 2.24) is 0 Å². The zero-order valence-electron chi connectivity index (χ0n) is 13.9. The Morgan fingerprint density at radius 2 is 1.81 bits per heavy atom. The Bertz CT molecular complexity index is 864. The van der Waals surface area contributed by atoms with Crippen molar-refractivity contribution >= 4 is 40.6 Å². The maximum absolute atomic E-state index is 12.2. The number of Topliss-reactive ketones (excluding diaryl/α,β-unsaturated/α-hetero) is 1. The molecule has 26 heavy (non-hydrogen) atoms. The van der Waals surface area contributed by atoms with E-state index in [9.17, 15) is 14.4 Å². The van der Waals surface area contributed by atoms with Crippen molar-refractivity contribution in [3.05, 3.63) is 58.6 Å². The number of nitrogen functional groups attached to an aromatic ring is 1. The van der Waals surface area contributed by atoms with Crippen LogP contribution in [0.25, 0.3) is 0 Å². The van der Waals surface area contributed by atoms with Crippen LogP contribution in [0.5, 0.6) is 0 Å². The quantitative estimate of drug-likeness (QED) is 0.495. The van der Waals surface area contributed by atoms with E-state index in [4.69, 9.17) is 22.1 Å². The lowest BCUT2D eigenvalue weighted by Crippen LogP contribution is -2.23. The standard InChI is InChI=1S/C19H17ClN2O4/c20-15-8-5-13(10-16(15)21)19(25)26-11-17(23)12-3-6-14(7-4-12)22-9-1-2-18(22)24/h3-8,10H,1-2,9,11,21H2. The molecule has 0 spiro atoms. The van der Waals surface area contributed by atoms with Crippen LogP contribution in [-0.2, 0) is 9.53 Å². The van der Waals surface area contributed by atoms with E-state index in [0.29, 0.717) is 23.6 Å². The summed E-state index contributed by atoms with van der Waals surface area (Å²) in [4.78, 5) is 37.6. The van der Waals surface area contributed by atoms with Crippen LogP contribution in [0.1, 0.15) is 33.6 Å². The minimum absolute atomic E-state index is 0.0836. The number of halogens is 1. The number of amides is 1. The summed E-state index contributed by atoms with van der Waals surface area (Å²) in [6.45, 7) is 0.303. The third-order valence-electron chi connectivity index (χ3n) is 4.14. The van der Waals surface area contributed by atoms with Crippen molar-refractivity contribution in [3.8, 4) is 0 Å². The minimum Gasteiger partial charge on any atom is -0.454 e. The smallest absolute Gasteiger partial charge is 0.338 e. The highest BCUT2D eigenvalue weighted by molar-refractivity contribution is 6.33. The van der Waals surface area contributed by atoms with Gasteiger partial charge in [-0.1, -0.05) is 11.6 Å². The van der Waals surface area contributed by atoms with Crippen molar-refractivity contribution in [3.63, 3.8) is 0 Å². The second-order valence-corrected chi connectivity index (χ2v) is 6.34. The first-order chi connectivity index (χ1) is 12.5. The van der Waals surface area contributed by atoms with Gasteiger partial charge in [-0.15, -0.1) is 0 Å². The highest BCUT2D eigenvalue weighted by Crippen LogP contribution is 2.22. The number of ether oxygens (including phenoxy) is 1. The molecule has 0 saturated carbocycles. The van der Waals surface area contributed by atoms with Gasteiger partial charge >= 0.3 is 5.97 Å². The summed E-state index contributed by atoms with van der Waals surface area (Å²) in [5.74, 6) is -0.902. The highest BCUT2D eigenvalue weighted by atomic mass is 35.5. The number of carbonyl (C=O) groups is 3. The van der Waals surface area contributed by atoms with Crippen LogP contribution in [0.2, 0.25) is 5.02 Å². The monoisotopic (exact) mass is 372 g/mol. The molecule has 0 aliphatic carbocycles. The molecule has 0 bridgehead atoms. The van der Waals surface area contributed by atoms with Gasteiger partial charge in [0.15, 0.2) is 12.4 Å². The minimum atomic E-state index is -0.652. The van der Waals surface area contributed by atoms with Crippen LogP contribution in [0.15, 0.2) is 42.5 Å². The Kier molecular flexibility index (Phi) is 5.23. The molecular formula is C19H17ClN2O4. The Morgan fingerprint density at radius 3 is 2.42 bits per heavy atom. The Balaban J connectivity index is 1.60. The topological polar surface area (TPSA) is 89.7 Å². The highest BCUT2D eigenvalue weighted by Gasteiger charge is 2.21. The number of rotatable bonds is 5. The third kappa shape index (κ3) is 3.86. The lowest BCUT2D eigenvalue weighted by molar-refractivity contribution is -0.117. The van der Waals surface area contributed by atoms with E-state index in [1.807, 2.05) is 0 Å². The molecule has 6 nitrogen and oxygen atoms in total. The average molecular weight is 373 g/mol. The predicted octanol–water partition coefficient (Wildman–Crippen LogP) is 3.09. The first-order valence-corrected chi connectivity index (χ1v) is 8.49. The van der Waals surface area contributed by atoms with Gasteiger partial charge in [-0.3, -0.25) is 9.59 Å². The van der Waals surface area contributed by atoms with Gasteiger partial charge in [0, 0.05) is 24.2 Å². The van der Waals surface area contributed by atoms with Gasteiger partial charge in [0.1, 0.15) is 0 Å². The van der Waals surface area contributed by atoms with Crippen LogP contribution < -0.4 is 10.6 Å². The van der Waals surface area contributed by atoms with E-state index >= 15 is 0 Å². The molecular weight excluding hydrogens is 356 g/mol. The van der Waals surface area contributed by atoms with Gasteiger partial charge in [-0.05, 0) is 48.9 Å². The molecule has 0 unspecified atom stereocenters. The number of hydrogen-bond acceptors (Lipinski definition) is 5. The molecule has 0 aromatic heterocycles. The summed E-state index contributed by atoms with van der Waals surface area (Å²) in [7, 11) is 0. The van der Waals surface area contributed by atoms with Gasteiger partial charge < -0.3 is 15.4 Å². The molecule has 7 heteroatoms. The zero-order chi connectivity index (χ0) is 18.7. The maximum atomic E-state index is 12.2. The zero-order valence-corrected chi connectivity index (χ0v) is 14.7. The lowest BCUT2D eigenvalue weighted by atomic mass is 10.1. The molecule has 1 aliphatic rings. The van der Waals surface area contributed by atoms with Crippen molar-refractivity contribution in [1.29, 1.82) is 0 Å². The fourth-order valence-corrected chi connectivity index (χ4v) is 2.83. The fraction of sp³-hybridized carbons (Fsp3) is 0.211. The van der Waals surface area contributed by atoms with Gasteiger partial charge in [0.25, 0.3) is 0 Å². The first-order valence-electron chi connectivity index (χ1n) is 8.11. The molecule has 1 heterocycles. The van der Waals surface area contributed by atoms with E-state index < -0.39 is 5.97 Å². The second-order valence-electron chi connectivity index (χ2n) is 5.93. The van der Waals surface area contributed by atoms with Gasteiger partial charge in [-0.25, -0.2) is 4.79 Å². The van der Waals surface area contributed by atoms with E-state index in [1.54, 1.807) is 29.2 Å². The molecule has 1 fully saturated rings. The summed E-state index contributed by atoms with van der Waals surface area (Å²) in [5, 5.41) is 0.342. The van der Waals surface area contributed by atoms with Crippen LogP contribution in [0.3, 0.4) is 0 Å². The average Bonchev–Trinajstić information content (AvgIpc) is 3.07. The third-order valence-corrected chi connectivity index (χ3v) is 4.48. The number of ketones is 1. The van der Waals surface area contributed by atoms with Crippen molar-refractivity contribution in [2.45, 2.75) is 12.8 Å². The molecule has 0 atom stereocenters. The number of nitrogens with zero attached hydrogens (tertiary/aromatic N) is 1. The van der Waals surface area contributed by atoms with Crippen molar-refractivity contribution in [2.24, 2.45) is 0 Å². The molecule has 2 N–H and O–H groups in total. The summed E-state index contributed by atoms with van der Waals surface area (Å²) in [6, 6.07) is 11.1. The lowest BCUT2D eigenvalue weighted by Gasteiger charge is -2.15. The maximum Gasteiger partial charge on any atom is 0.338 e. The van der Waals surface area contributed by atoms with Crippen LogP contribution in [0.4, 0.5) is 11.4 Å². The summed E-state index contributed by atoms with van der Waals surface area (Å²) in [6.07, 6.45) is 1.39. The van der Waals surface area contributed by atoms with Crippen molar-refractivity contribution in [2.75, 3.05) is 23.8 Å². The predicted molar refractivity (Wildman–Crippen MR) is 98.5 cm³/mol. The largest absolute Gasteiger partial charge is 0.454 e. The van der Waals surface area contributed by atoms with Gasteiger partial charge in [-0.2, -0.15) is 0 Å². The van der Waals surface area contributed by atoms with Crippen molar-refractivity contribution < 1.29 is 19.1 Å². The molecule has 134 valence electrons. The van der Waals surface area contributed by atoms with E-state index in [-0.39, 0.29) is 29.5 Å². The summed E-state index contributed by atoms with van der Waals surface area (Å²) >= 11 is 5.81. The summed E-state index contributed by atoms with van der Waals surface area (Å²) in [5.41, 5.74) is 7.30. The fourth-order valence-electron chi connectivity index (χ4n) is 2.72. The van der Waals surface area contributed by atoms with Gasteiger partial charge in [0.05, 0.1) is 16.3 Å². The Hall–Kier alpha value is -2.86. The van der Waals surface area contributed by atoms with Crippen LogP contribution in [0, 0.1) is 0 Å². The molecule has 3 rings (SSSR count). The first kappa shape index (κ1) is 17.9. The molecule has 1 amide bonds.